The van der Waals surface area contributed by atoms with E-state index in [9.17, 15) is 4.79 Å². The van der Waals surface area contributed by atoms with Crippen LogP contribution in [0.15, 0.2) is 30.3 Å². The molecule has 0 spiro atoms. The van der Waals surface area contributed by atoms with Crippen molar-refractivity contribution >= 4 is 5.78 Å². The second kappa shape index (κ2) is 5.01. The van der Waals surface area contributed by atoms with Gasteiger partial charge in [0.25, 0.3) is 0 Å². The van der Waals surface area contributed by atoms with E-state index in [2.05, 4.69) is 43.0 Å². The minimum atomic E-state index is 0.155. The van der Waals surface area contributed by atoms with E-state index >= 15 is 0 Å². The lowest BCUT2D eigenvalue weighted by atomic mass is 9.84. The fourth-order valence-corrected chi connectivity index (χ4v) is 2.64. The first-order chi connectivity index (χ1) is 8.09. The molecule has 0 saturated carbocycles. The van der Waals surface area contributed by atoms with Crippen LogP contribution < -0.4 is 0 Å². The van der Waals surface area contributed by atoms with Crippen molar-refractivity contribution in [2.24, 2.45) is 11.8 Å². The lowest BCUT2D eigenvalue weighted by molar-refractivity contribution is -0.133. The molecule has 1 aliphatic rings. The molecule has 0 aromatic heterocycles. The number of likely N-dealkylation sites (tertiary alicyclic amines) is 1. The SMILES string of the molecule is C[C@@H]1CN(Cc2ccccc2)[C@H](C)[C@@H](C)C1=O. The first-order valence-electron chi connectivity index (χ1n) is 6.41. The van der Waals surface area contributed by atoms with Gasteiger partial charge in [-0.05, 0) is 12.5 Å². The summed E-state index contributed by atoms with van der Waals surface area (Å²) in [5.74, 6) is 0.745. The highest BCUT2D eigenvalue weighted by Gasteiger charge is 2.35. The maximum atomic E-state index is 11.9. The third-order valence-corrected chi connectivity index (χ3v) is 3.97. The van der Waals surface area contributed by atoms with E-state index in [4.69, 9.17) is 0 Å². The van der Waals surface area contributed by atoms with Crippen molar-refractivity contribution in [2.45, 2.75) is 33.4 Å². The Kier molecular flexibility index (Phi) is 3.63. The standard InChI is InChI=1S/C15H21NO/c1-11-9-16(13(3)12(2)15(11)17)10-14-7-5-4-6-8-14/h4-8,11-13H,9-10H2,1-3H3/t11-,12-,13-/m1/s1. The highest BCUT2D eigenvalue weighted by Crippen LogP contribution is 2.25. The molecule has 0 unspecified atom stereocenters. The van der Waals surface area contributed by atoms with Gasteiger partial charge in [0.15, 0.2) is 0 Å². The smallest absolute Gasteiger partial charge is 0.141 e. The van der Waals surface area contributed by atoms with Crippen LogP contribution in [0.5, 0.6) is 0 Å². The average Bonchev–Trinajstić information content (AvgIpc) is 2.35. The average molecular weight is 231 g/mol. The summed E-state index contributed by atoms with van der Waals surface area (Å²) in [5.41, 5.74) is 1.33. The number of hydrogen-bond acceptors (Lipinski definition) is 2. The molecule has 2 rings (SSSR count). The molecule has 17 heavy (non-hydrogen) atoms. The van der Waals surface area contributed by atoms with E-state index in [0.717, 1.165) is 13.1 Å². The molecule has 1 aliphatic heterocycles. The number of Topliss-reactive ketones (excluding diaryl/α,β-unsaturated/α-hetero) is 1. The molecule has 3 atom stereocenters. The number of carbonyl (C=O) groups is 1. The van der Waals surface area contributed by atoms with Crippen molar-refractivity contribution in [1.29, 1.82) is 0 Å². The topological polar surface area (TPSA) is 20.3 Å². The summed E-state index contributed by atoms with van der Waals surface area (Å²) < 4.78 is 0. The molecule has 0 N–H and O–H groups in total. The fraction of sp³-hybridized carbons (Fsp3) is 0.533. The number of carbonyl (C=O) groups excluding carboxylic acids is 1. The molecular formula is C15H21NO. The first-order valence-corrected chi connectivity index (χ1v) is 6.41. The monoisotopic (exact) mass is 231 g/mol. The van der Waals surface area contributed by atoms with Gasteiger partial charge in [-0.1, -0.05) is 44.2 Å². The van der Waals surface area contributed by atoms with Crippen molar-refractivity contribution in [3.8, 4) is 0 Å². The van der Waals surface area contributed by atoms with E-state index in [0.29, 0.717) is 11.8 Å². The minimum Gasteiger partial charge on any atom is -0.299 e. The van der Waals surface area contributed by atoms with Crippen molar-refractivity contribution in [3.63, 3.8) is 0 Å². The molecule has 1 fully saturated rings. The van der Waals surface area contributed by atoms with Gasteiger partial charge in [-0.2, -0.15) is 0 Å². The minimum absolute atomic E-state index is 0.155. The van der Waals surface area contributed by atoms with Crippen molar-refractivity contribution < 1.29 is 4.79 Å². The quantitative estimate of drug-likeness (QED) is 0.780. The van der Waals surface area contributed by atoms with Crippen LogP contribution in [0, 0.1) is 11.8 Å². The van der Waals surface area contributed by atoms with Crippen LogP contribution in [-0.2, 0) is 11.3 Å². The van der Waals surface area contributed by atoms with Gasteiger partial charge in [0.2, 0.25) is 0 Å². The lowest BCUT2D eigenvalue weighted by Gasteiger charge is -2.40. The van der Waals surface area contributed by atoms with Gasteiger partial charge in [-0.15, -0.1) is 0 Å². The Morgan fingerprint density at radius 3 is 2.47 bits per heavy atom. The molecule has 0 bridgehead atoms. The number of ketones is 1. The second-order valence-electron chi connectivity index (χ2n) is 5.25. The Bertz CT molecular complexity index is 387. The van der Waals surface area contributed by atoms with Crippen LogP contribution >= 0.6 is 0 Å². The summed E-state index contributed by atoms with van der Waals surface area (Å²) >= 11 is 0. The normalized spacial score (nSPS) is 30.5. The zero-order valence-corrected chi connectivity index (χ0v) is 10.9. The predicted octanol–water partition coefficient (Wildman–Crippen LogP) is 2.73. The van der Waals surface area contributed by atoms with Crippen LogP contribution in [0.2, 0.25) is 0 Å². The summed E-state index contributed by atoms with van der Waals surface area (Å²) in [5, 5.41) is 0. The van der Waals surface area contributed by atoms with E-state index in [1.165, 1.54) is 5.56 Å². The molecular weight excluding hydrogens is 210 g/mol. The van der Waals surface area contributed by atoms with Gasteiger partial charge < -0.3 is 0 Å². The number of hydrogen-bond donors (Lipinski definition) is 0. The Balaban J connectivity index is 2.09. The molecule has 1 saturated heterocycles. The van der Waals surface area contributed by atoms with E-state index in [1.807, 2.05) is 13.0 Å². The Morgan fingerprint density at radius 2 is 1.82 bits per heavy atom. The van der Waals surface area contributed by atoms with Crippen molar-refractivity contribution in [2.75, 3.05) is 6.54 Å². The van der Waals surface area contributed by atoms with Gasteiger partial charge in [0.05, 0.1) is 0 Å². The predicted molar refractivity (Wildman–Crippen MR) is 69.6 cm³/mol. The Hall–Kier alpha value is -1.15. The largest absolute Gasteiger partial charge is 0.299 e. The third kappa shape index (κ3) is 2.58. The van der Waals surface area contributed by atoms with E-state index in [-0.39, 0.29) is 11.8 Å². The Labute approximate surface area is 104 Å². The number of piperidine rings is 1. The number of benzene rings is 1. The van der Waals surface area contributed by atoms with E-state index in [1.54, 1.807) is 0 Å². The molecule has 0 aliphatic carbocycles. The van der Waals surface area contributed by atoms with E-state index < -0.39 is 0 Å². The highest BCUT2D eigenvalue weighted by molar-refractivity contribution is 5.84. The maximum Gasteiger partial charge on any atom is 0.141 e. The van der Waals surface area contributed by atoms with Crippen molar-refractivity contribution in [3.05, 3.63) is 35.9 Å². The first kappa shape index (κ1) is 12.3. The summed E-state index contributed by atoms with van der Waals surface area (Å²) in [6.07, 6.45) is 0. The van der Waals surface area contributed by atoms with Gasteiger partial charge in [-0.3, -0.25) is 9.69 Å². The lowest BCUT2D eigenvalue weighted by Crippen LogP contribution is -2.50. The van der Waals surface area contributed by atoms with Gasteiger partial charge in [0, 0.05) is 31.0 Å². The maximum absolute atomic E-state index is 11.9. The number of rotatable bonds is 2. The molecule has 2 nitrogen and oxygen atoms in total. The van der Waals surface area contributed by atoms with Gasteiger partial charge >= 0.3 is 0 Å². The molecule has 1 aromatic rings. The Morgan fingerprint density at radius 1 is 1.18 bits per heavy atom. The molecule has 92 valence electrons. The third-order valence-electron chi connectivity index (χ3n) is 3.97. The zero-order valence-electron chi connectivity index (χ0n) is 10.9. The van der Waals surface area contributed by atoms with Gasteiger partial charge in [-0.25, -0.2) is 0 Å². The molecule has 0 radical (unpaired) electrons. The van der Waals surface area contributed by atoms with Crippen LogP contribution in [0.3, 0.4) is 0 Å². The summed E-state index contributed by atoms with van der Waals surface area (Å²) in [4.78, 5) is 14.3. The second-order valence-corrected chi connectivity index (χ2v) is 5.25. The van der Waals surface area contributed by atoms with Crippen LogP contribution in [-0.4, -0.2) is 23.3 Å². The zero-order chi connectivity index (χ0) is 12.4. The van der Waals surface area contributed by atoms with Crippen LogP contribution in [0.1, 0.15) is 26.3 Å². The van der Waals surface area contributed by atoms with Gasteiger partial charge in [0.1, 0.15) is 5.78 Å². The van der Waals surface area contributed by atoms with Crippen molar-refractivity contribution in [1.82, 2.24) is 4.90 Å². The number of nitrogens with zero attached hydrogens (tertiary/aromatic N) is 1. The molecule has 2 heteroatoms. The highest BCUT2D eigenvalue weighted by atomic mass is 16.1. The summed E-state index contributed by atoms with van der Waals surface area (Å²) in [6.45, 7) is 8.10. The summed E-state index contributed by atoms with van der Waals surface area (Å²) in [7, 11) is 0. The molecule has 1 heterocycles. The summed E-state index contributed by atoms with van der Waals surface area (Å²) in [6, 6.07) is 10.8. The fourth-order valence-electron chi connectivity index (χ4n) is 2.64. The van der Waals surface area contributed by atoms with Crippen LogP contribution in [0.25, 0.3) is 0 Å². The van der Waals surface area contributed by atoms with Crippen LogP contribution in [0.4, 0.5) is 0 Å². The molecule has 1 aromatic carbocycles. The molecule has 0 amide bonds.